The highest BCUT2D eigenvalue weighted by Gasteiger charge is 2.13. The summed E-state index contributed by atoms with van der Waals surface area (Å²) in [6.07, 6.45) is 2.37. The predicted molar refractivity (Wildman–Crippen MR) is 87.4 cm³/mol. The van der Waals surface area contributed by atoms with E-state index in [2.05, 4.69) is 15.5 Å². The van der Waals surface area contributed by atoms with Gasteiger partial charge in [-0.3, -0.25) is 10.1 Å². The molecule has 0 aliphatic rings. The van der Waals surface area contributed by atoms with E-state index in [1.807, 2.05) is 45.0 Å². The zero-order valence-electron chi connectivity index (χ0n) is 12.7. The van der Waals surface area contributed by atoms with Gasteiger partial charge in [-0.15, -0.1) is 10.2 Å². The first-order valence-electron chi connectivity index (χ1n) is 6.87. The molecule has 2 rings (SSSR count). The van der Waals surface area contributed by atoms with Gasteiger partial charge in [-0.25, -0.2) is 0 Å². The van der Waals surface area contributed by atoms with Gasteiger partial charge in [-0.1, -0.05) is 36.5 Å². The standard InChI is InChI=1S/C16H16N4OS/c1-4-14-19-20-16(22-14)18-15(21)12(9-17)8-13-10(2)6-5-7-11(13)3/h5-8H,4H2,1-3H3,(H,18,20,21). The van der Waals surface area contributed by atoms with Gasteiger partial charge in [-0.05, 0) is 43.0 Å². The van der Waals surface area contributed by atoms with E-state index in [-0.39, 0.29) is 5.57 Å². The number of nitriles is 1. The lowest BCUT2D eigenvalue weighted by Gasteiger charge is -2.05. The predicted octanol–water partition coefficient (Wildman–Crippen LogP) is 3.26. The number of nitrogens with one attached hydrogen (secondary N) is 1. The summed E-state index contributed by atoms with van der Waals surface area (Å²) in [5, 5.41) is 20.9. The van der Waals surface area contributed by atoms with E-state index in [9.17, 15) is 10.1 Å². The highest BCUT2D eigenvalue weighted by molar-refractivity contribution is 7.15. The van der Waals surface area contributed by atoms with Crippen molar-refractivity contribution < 1.29 is 4.79 Å². The molecule has 0 saturated carbocycles. The molecule has 0 aliphatic heterocycles. The van der Waals surface area contributed by atoms with Crippen molar-refractivity contribution in [1.29, 1.82) is 5.26 Å². The number of anilines is 1. The summed E-state index contributed by atoms with van der Waals surface area (Å²) in [6.45, 7) is 5.86. The number of hydrogen-bond donors (Lipinski definition) is 1. The lowest BCUT2D eigenvalue weighted by Crippen LogP contribution is -2.13. The fourth-order valence-corrected chi connectivity index (χ4v) is 2.63. The van der Waals surface area contributed by atoms with Gasteiger partial charge in [0.05, 0.1) is 0 Å². The Hall–Kier alpha value is -2.52. The van der Waals surface area contributed by atoms with Crippen LogP contribution < -0.4 is 5.32 Å². The molecule has 22 heavy (non-hydrogen) atoms. The Labute approximate surface area is 133 Å². The molecular weight excluding hydrogens is 296 g/mol. The highest BCUT2D eigenvalue weighted by atomic mass is 32.1. The first-order valence-corrected chi connectivity index (χ1v) is 7.68. The molecule has 1 aromatic carbocycles. The van der Waals surface area contributed by atoms with Gasteiger partial charge < -0.3 is 0 Å². The molecule has 5 nitrogen and oxygen atoms in total. The van der Waals surface area contributed by atoms with Crippen molar-refractivity contribution >= 4 is 28.5 Å². The Morgan fingerprint density at radius 1 is 1.36 bits per heavy atom. The normalized spacial score (nSPS) is 11.1. The lowest BCUT2D eigenvalue weighted by molar-refractivity contribution is -0.112. The van der Waals surface area contributed by atoms with Crippen molar-refractivity contribution in [2.45, 2.75) is 27.2 Å². The van der Waals surface area contributed by atoms with Crippen LogP contribution in [0.25, 0.3) is 6.08 Å². The summed E-state index contributed by atoms with van der Waals surface area (Å²) < 4.78 is 0. The number of aryl methyl sites for hydroxylation is 3. The average molecular weight is 312 g/mol. The number of hydrogen-bond acceptors (Lipinski definition) is 5. The van der Waals surface area contributed by atoms with Gasteiger partial charge in [0, 0.05) is 0 Å². The van der Waals surface area contributed by atoms with Crippen molar-refractivity contribution in [2.75, 3.05) is 5.32 Å². The summed E-state index contributed by atoms with van der Waals surface area (Å²) in [6, 6.07) is 7.79. The molecule has 1 heterocycles. The summed E-state index contributed by atoms with van der Waals surface area (Å²) in [7, 11) is 0. The molecule has 0 unspecified atom stereocenters. The number of amides is 1. The van der Waals surface area contributed by atoms with Gasteiger partial charge in [0.2, 0.25) is 5.13 Å². The Kier molecular flexibility index (Phi) is 5.02. The molecule has 112 valence electrons. The third kappa shape index (κ3) is 3.57. The van der Waals surface area contributed by atoms with E-state index in [4.69, 9.17) is 0 Å². The molecule has 0 spiro atoms. The third-order valence-electron chi connectivity index (χ3n) is 3.19. The van der Waals surface area contributed by atoms with E-state index in [0.29, 0.717) is 5.13 Å². The van der Waals surface area contributed by atoms with E-state index >= 15 is 0 Å². The number of nitrogens with zero attached hydrogens (tertiary/aromatic N) is 3. The maximum Gasteiger partial charge on any atom is 0.268 e. The van der Waals surface area contributed by atoms with E-state index in [1.165, 1.54) is 11.3 Å². The molecule has 0 radical (unpaired) electrons. The van der Waals surface area contributed by atoms with Gasteiger partial charge in [-0.2, -0.15) is 5.26 Å². The van der Waals surface area contributed by atoms with Crippen molar-refractivity contribution in [1.82, 2.24) is 10.2 Å². The van der Waals surface area contributed by atoms with Crippen molar-refractivity contribution in [2.24, 2.45) is 0 Å². The first-order chi connectivity index (χ1) is 10.5. The molecule has 1 aromatic heterocycles. The number of benzene rings is 1. The van der Waals surface area contributed by atoms with Crippen molar-refractivity contribution in [3.8, 4) is 6.07 Å². The van der Waals surface area contributed by atoms with E-state index < -0.39 is 5.91 Å². The highest BCUT2D eigenvalue weighted by Crippen LogP contribution is 2.19. The molecule has 2 aromatic rings. The first kappa shape index (κ1) is 15.9. The molecule has 1 N–H and O–H groups in total. The zero-order valence-corrected chi connectivity index (χ0v) is 13.5. The molecular formula is C16H16N4OS. The Morgan fingerprint density at radius 2 is 2.05 bits per heavy atom. The van der Waals surface area contributed by atoms with Crippen LogP contribution in [-0.4, -0.2) is 16.1 Å². The summed E-state index contributed by atoms with van der Waals surface area (Å²) >= 11 is 1.31. The number of rotatable bonds is 4. The Balaban J connectivity index is 2.26. The maximum absolute atomic E-state index is 12.2. The van der Waals surface area contributed by atoms with Crippen LogP contribution in [-0.2, 0) is 11.2 Å². The second-order valence-electron chi connectivity index (χ2n) is 4.78. The molecule has 0 saturated heterocycles. The lowest BCUT2D eigenvalue weighted by atomic mass is 10.0. The molecule has 1 amide bonds. The van der Waals surface area contributed by atoms with Crippen molar-refractivity contribution in [3.63, 3.8) is 0 Å². The van der Waals surface area contributed by atoms with Gasteiger partial charge in [0.1, 0.15) is 16.6 Å². The SMILES string of the molecule is CCc1nnc(NC(=O)C(C#N)=Cc2c(C)cccc2C)s1. The monoisotopic (exact) mass is 312 g/mol. The minimum Gasteiger partial charge on any atom is -0.296 e. The van der Waals surface area contributed by atoms with Crippen LogP contribution in [0.4, 0.5) is 5.13 Å². The number of aromatic nitrogens is 2. The average Bonchev–Trinajstić information content (AvgIpc) is 2.94. The van der Waals surface area contributed by atoms with Crippen LogP contribution in [0.15, 0.2) is 23.8 Å². The van der Waals surface area contributed by atoms with Gasteiger partial charge >= 0.3 is 0 Å². The second kappa shape index (κ2) is 6.96. The van der Waals surface area contributed by atoms with Crippen molar-refractivity contribution in [3.05, 3.63) is 45.5 Å². The second-order valence-corrected chi connectivity index (χ2v) is 5.85. The molecule has 0 fully saturated rings. The van der Waals surface area contributed by atoms with Crippen LogP contribution in [0, 0.1) is 25.2 Å². The fourth-order valence-electron chi connectivity index (χ4n) is 1.96. The fraction of sp³-hybridized carbons (Fsp3) is 0.250. The van der Waals surface area contributed by atoms with E-state index in [1.54, 1.807) is 6.08 Å². The minimum absolute atomic E-state index is 0.0469. The van der Waals surface area contributed by atoms with Crippen LogP contribution >= 0.6 is 11.3 Å². The van der Waals surface area contributed by atoms with Crippen LogP contribution in [0.5, 0.6) is 0 Å². The molecule has 0 bridgehead atoms. The topological polar surface area (TPSA) is 78.7 Å². The largest absolute Gasteiger partial charge is 0.296 e. The Bertz CT molecular complexity index is 750. The minimum atomic E-state index is -0.469. The maximum atomic E-state index is 12.2. The van der Waals surface area contributed by atoms with Gasteiger partial charge in [0.25, 0.3) is 5.91 Å². The van der Waals surface area contributed by atoms with Crippen LogP contribution in [0.1, 0.15) is 28.6 Å². The summed E-state index contributed by atoms with van der Waals surface area (Å²) in [5.41, 5.74) is 2.97. The number of carbonyl (C=O) groups excluding carboxylic acids is 1. The van der Waals surface area contributed by atoms with Crippen LogP contribution in [0.2, 0.25) is 0 Å². The molecule has 0 atom stereocenters. The summed E-state index contributed by atoms with van der Waals surface area (Å²) in [4.78, 5) is 12.2. The molecule has 6 heteroatoms. The summed E-state index contributed by atoms with van der Waals surface area (Å²) in [5.74, 6) is -0.469. The van der Waals surface area contributed by atoms with Crippen LogP contribution in [0.3, 0.4) is 0 Å². The van der Waals surface area contributed by atoms with E-state index in [0.717, 1.165) is 28.1 Å². The van der Waals surface area contributed by atoms with Gasteiger partial charge in [0.15, 0.2) is 0 Å². The molecule has 0 aliphatic carbocycles. The zero-order chi connectivity index (χ0) is 16.1. The quantitative estimate of drug-likeness (QED) is 0.694. The smallest absolute Gasteiger partial charge is 0.268 e. The number of carbonyl (C=O) groups is 1. The Morgan fingerprint density at radius 3 is 2.59 bits per heavy atom. The third-order valence-corrected chi connectivity index (χ3v) is 4.17.